The predicted molar refractivity (Wildman–Crippen MR) is 117 cm³/mol. The summed E-state index contributed by atoms with van der Waals surface area (Å²) >= 11 is 1.44. The first-order valence-corrected chi connectivity index (χ1v) is 11.4. The molecule has 0 saturated heterocycles. The highest BCUT2D eigenvalue weighted by Gasteiger charge is 2.23. The van der Waals surface area contributed by atoms with Gasteiger partial charge in [0.15, 0.2) is 0 Å². The third kappa shape index (κ3) is 5.26. The zero-order chi connectivity index (χ0) is 22.6. The van der Waals surface area contributed by atoms with Gasteiger partial charge in [0.1, 0.15) is 5.56 Å². The molecular formula is C20H20N4O5S2. The standard InChI is InChI=1S/C20H20N4O5S2/c1-13-5-7-14(8-6-13)31(28,29)24(2)12-18(25)22-23-20(27)15-9-10-16(21-19(15)26)17-4-3-11-30-17/h3-11H,12H2,1-2H3,(H,21,26)(H,22,25)(H,23,27). The van der Waals surface area contributed by atoms with Crippen LogP contribution in [0.4, 0.5) is 0 Å². The van der Waals surface area contributed by atoms with E-state index in [-0.39, 0.29) is 10.5 Å². The molecule has 2 heterocycles. The molecule has 0 fully saturated rings. The van der Waals surface area contributed by atoms with Crippen LogP contribution in [0.3, 0.4) is 0 Å². The highest BCUT2D eigenvalue weighted by atomic mass is 32.2. The smallest absolute Gasteiger partial charge is 0.275 e. The molecule has 1 aromatic carbocycles. The average molecular weight is 461 g/mol. The summed E-state index contributed by atoms with van der Waals surface area (Å²) in [6.45, 7) is 1.31. The van der Waals surface area contributed by atoms with Crippen LogP contribution in [-0.2, 0) is 14.8 Å². The quantitative estimate of drug-likeness (QED) is 0.480. The summed E-state index contributed by atoms with van der Waals surface area (Å²) in [6.07, 6.45) is 0. The van der Waals surface area contributed by atoms with E-state index >= 15 is 0 Å². The van der Waals surface area contributed by atoms with Gasteiger partial charge in [-0.1, -0.05) is 23.8 Å². The largest absolute Gasteiger partial charge is 0.321 e. The lowest BCUT2D eigenvalue weighted by atomic mass is 10.2. The number of hydrogen-bond donors (Lipinski definition) is 3. The number of hydrogen-bond acceptors (Lipinski definition) is 6. The van der Waals surface area contributed by atoms with Crippen molar-refractivity contribution < 1.29 is 18.0 Å². The Morgan fingerprint density at radius 3 is 2.39 bits per heavy atom. The molecule has 2 amide bonds. The van der Waals surface area contributed by atoms with Crippen LogP contribution >= 0.6 is 11.3 Å². The van der Waals surface area contributed by atoms with E-state index in [1.165, 1.54) is 36.6 Å². The van der Waals surface area contributed by atoms with Crippen molar-refractivity contribution in [3.05, 3.63) is 75.4 Å². The number of amides is 2. The minimum atomic E-state index is -3.87. The van der Waals surface area contributed by atoms with Crippen molar-refractivity contribution in [2.24, 2.45) is 0 Å². The number of thiophene rings is 1. The lowest BCUT2D eigenvalue weighted by Crippen LogP contribution is -2.47. The fourth-order valence-electron chi connectivity index (χ4n) is 2.64. The van der Waals surface area contributed by atoms with Gasteiger partial charge in [-0.25, -0.2) is 8.42 Å². The van der Waals surface area contributed by atoms with Gasteiger partial charge >= 0.3 is 0 Å². The molecule has 0 saturated carbocycles. The molecule has 0 radical (unpaired) electrons. The molecule has 31 heavy (non-hydrogen) atoms. The summed E-state index contributed by atoms with van der Waals surface area (Å²) in [5.74, 6) is -1.59. The monoisotopic (exact) mass is 460 g/mol. The Kier molecular flexibility index (Phi) is 6.68. The van der Waals surface area contributed by atoms with Gasteiger partial charge in [0, 0.05) is 7.05 Å². The fourth-order valence-corrected chi connectivity index (χ4v) is 4.47. The Bertz CT molecular complexity index is 1250. The van der Waals surface area contributed by atoms with Crippen LogP contribution in [-0.4, -0.2) is 43.1 Å². The van der Waals surface area contributed by atoms with Gasteiger partial charge < -0.3 is 4.98 Å². The molecule has 0 unspecified atom stereocenters. The molecule has 3 rings (SSSR count). The molecule has 0 atom stereocenters. The lowest BCUT2D eigenvalue weighted by Gasteiger charge is -2.17. The van der Waals surface area contributed by atoms with Crippen molar-refractivity contribution >= 4 is 33.2 Å². The number of carbonyl (C=O) groups excluding carboxylic acids is 2. The third-order valence-electron chi connectivity index (χ3n) is 4.35. The summed E-state index contributed by atoms with van der Waals surface area (Å²) < 4.78 is 25.9. The fraction of sp³-hybridized carbons (Fsp3) is 0.150. The molecule has 9 nitrogen and oxygen atoms in total. The van der Waals surface area contributed by atoms with Crippen LogP contribution < -0.4 is 16.4 Å². The van der Waals surface area contributed by atoms with Crippen LogP contribution in [0.2, 0.25) is 0 Å². The van der Waals surface area contributed by atoms with Crippen molar-refractivity contribution in [3.8, 4) is 10.6 Å². The van der Waals surface area contributed by atoms with Crippen molar-refractivity contribution in [2.45, 2.75) is 11.8 Å². The Hall–Kier alpha value is -3.28. The SMILES string of the molecule is Cc1ccc(S(=O)(=O)N(C)CC(=O)NNC(=O)c2ccc(-c3cccs3)[nH]c2=O)cc1. The summed E-state index contributed by atoms with van der Waals surface area (Å²) in [4.78, 5) is 40.0. The molecule has 0 spiro atoms. The Balaban J connectivity index is 1.59. The van der Waals surface area contributed by atoms with E-state index in [1.54, 1.807) is 18.2 Å². The number of benzene rings is 1. The van der Waals surface area contributed by atoms with Gasteiger partial charge in [-0.2, -0.15) is 4.31 Å². The van der Waals surface area contributed by atoms with Gasteiger partial charge in [0.25, 0.3) is 17.4 Å². The number of carbonyl (C=O) groups is 2. The van der Waals surface area contributed by atoms with Crippen molar-refractivity contribution in [2.75, 3.05) is 13.6 Å². The first-order chi connectivity index (χ1) is 14.7. The molecular weight excluding hydrogens is 440 g/mol. The highest BCUT2D eigenvalue weighted by Crippen LogP contribution is 2.21. The number of aromatic nitrogens is 1. The molecule has 3 aromatic rings. The number of rotatable bonds is 6. The molecule has 3 N–H and O–H groups in total. The highest BCUT2D eigenvalue weighted by molar-refractivity contribution is 7.89. The number of nitrogens with one attached hydrogen (secondary N) is 3. The van der Waals surface area contributed by atoms with Gasteiger partial charge in [-0.05, 0) is 42.6 Å². The maximum atomic E-state index is 12.5. The normalized spacial score (nSPS) is 11.3. The molecule has 11 heteroatoms. The number of nitrogens with zero attached hydrogens (tertiary/aromatic N) is 1. The third-order valence-corrected chi connectivity index (χ3v) is 7.07. The number of pyridine rings is 1. The lowest BCUT2D eigenvalue weighted by molar-refractivity contribution is -0.121. The molecule has 0 aliphatic carbocycles. The van der Waals surface area contributed by atoms with Crippen LogP contribution in [0.5, 0.6) is 0 Å². The summed E-state index contributed by atoms with van der Waals surface area (Å²) in [5.41, 5.74) is 4.91. The van der Waals surface area contributed by atoms with Crippen molar-refractivity contribution in [3.63, 3.8) is 0 Å². The summed E-state index contributed by atoms with van der Waals surface area (Å²) in [5, 5.41) is 1.86. The van der Waals surface area contributed by atoms with Crippen LogP contribution in [0.1, 0.15) is 15.9 Å². The zero-order valence-corrected chi connectivity index (χ0v) is 18.3. The van der Waals surface area contributed by atoms with E-state index in [9.17, 15) is 22.8 Å². The van der Waals surface area contributed by atoms with Crippen LogP contribution in [0, 0.1) is 6.92 Å². The predicted octanol–water partition coefficient (Wildman–Crippen LogP) is 1.49. The summed E-state index contributed by atoms with van der Waals surface area (Å²) in [7, 11) is -2.61. The number of likely N-dealkylation sites (N-methyl/N-ethyl adjacent to an activating group) is 1. The van der Waals surface area contributed by atoms with E-state index in [4.69, 9.17) is 0 Å². The van der Waals surface area contributed by atoms with E-state index in [0.717, 1.165) is 14.7 Å². The topological polar surface area (TPSA) is 128 Å². The number of sulfonamides is 1. The minimum absolute atomic E-state index is 0.0507. The average Bonchev–Trinajstić information content (AvgIpc) is 3.27. The van der Waals surface area contributed by atoms with Gasteiger partial charge in [-0.15, -0.1) is 11.3 Å². The first-order valence-electron chi connectivity index (χ1n) is 9.08. The number of hydrazine groups is 1. The molecule has 0 aliphatic rings. The van der Waals surface area contributed by atoms with Crippen LogP contribution in [0.15, 0.2) is 63.6 Å². The van der Waals surface area contributed by atoms with E-state index in [2.05, 4.69) is 15.8 Å². The van der Waals surface area contributed by atoms with Crippen molar-refractivity contribution in [1.82, 2.24) is 20.1 Å². The summed E-state index contributed by atoms with van der Waals surface area (Å²) in [6, 6.07) is 12.8. The zero-order valence-electron chi connectivity index (χ0n) is 16.7. The van der Waals surface area contributed by atoms with Crippen molar-refractivity contribution in [1.29, 1.82) is 0 Å². The number of H-pyrrole nitrogens is 1. The maximum Gasteiger partial charge on any atom is 0.275 e. The van der Waals surface area contributed by atoms with Crippen LogP contribution in [0.25, 0.3) is 10.6 Å². The maximum absolute atomic E-state index is 12.5. The Morgan fingerprint density at radius 2 is 1.77 bits per heavy atom. The molecule has 0 bridgehead atoms. The second-order valence-electron chi connectivity index (χ2n) is 6.67. The van der Waals surface area contributed by atoms with E-state index in [1.807, 2.05) is 24.4 Å². The van der Waals surface area contributed by atoms with Gasteiger partial charge in [0.05, 0.1) is 22.0 Å². The molecule has 0 aliphatic heterocycles. The minimum Gasteiger partial charge on any atom is -0.321 e. The van der Waals surface area contributed by atoms with Gasteiger partial charge in [-0.3, -0.25) is 25.2 Å². The first kappa shape index (κ1) is 22.4. The molecule has 162 valence electrons. The number of aromatic amines is 1. The Labute approximate surface area is 182 Å². The van der Waals surface area contributed by atoms with Gasteiger partial charge in [0.2, 0.25) is 10.0 Å². The van der Waals surface area contributed by atoms with E-state index in [0.29, 0.717) is 5.69 Å². The van der Waals surface area contributed by atoms with E-state index < -0.39 is 33.9 Å². The Morgan fingerprint density at radius 1 is 1.06 bits per heavy atom. The number of aryl methyl sites for hydroxylation is 1. The second kappa shape index (κ2) is 9.25. The second-order valence-corrected chi connectivity index (χ2v) is 9.66. The molecule has 2 aromatic heterocycles.